The highest BCUT2D eigenvalue weighted by Crippen LogP contribution is 2.18. The van der Waals surface area contributed by atoms with E-state index in [1.54, 1.807) is 16.2 Å². The first kappa shape index (κ1) is 17.1. The number of hydrogen-bond acceptors (Lipinski definition) is 4. The molecule has 1 atom stereocenters. The van der Waals surface area contributed by atoms with E-state index < -0.39 is 0 Å². The lowest BCUT2D eigenvalue weighted by molar-refractivity contribution is -0.130. The van der Waals surface area contributed by atoms with E-state index in [0.717, 1.165) is 30.0 Å². The van der Waals surface area contributed by atoms with Gasteiger partial charge in [-0.2, -0.15) is 0 Å². The zero-order valence-electron chi connectivity index (χ0n) is 12.9. The number of aromatic nitrogens is 1. The first-order chi connectivity index (χ1) is 9.56. The van der Waals surface area contributed by atoms with Gasteiger partial charge in [0.05, 0.1) is 17.2 Å². The molecule has 20 heavy (non-hydrogen) atoms. The van der Waals surface area contributed by atoms with Gasteiger partial charge in [0.1, 0.15) is 0 Å². The van der Waals surface area contributed by atoms with Gasteiger partial charge in [-0.1, -0.05) is 19.8 Å². The van der Waals surface area contributed by atoms with Gasteiger partial charge in [-0.3, -0.25) is 4.79 Å². The summed E-state index contributed by atoms with van der Waals surface area (Å²) in [5.41, 5.74) is 6.61. The van der Waals surface area contributed by atoms with E-state index in [4.69, 9.17) is 5.73 Å². The van der Waals surface area contributed by atoms with Crippen LogP contribution in [0, 0.1) is 12.8 Å². The average Bonchev–Trinajstić information content (AvgIpc) is 2.81. The minimum atomic E-state index is 0.203. The predicted octanol–water partition coefficient (Wildman–Crippen LogP) is 2.96. The van der Waals surface area contributed by atoms with E-state index in [-0.39, 0.29) is 5.91 Å². The summed E-state index contributed by atoms with van der Waals surface area (Å²) < 4.78 is 0. The van der Waals surface area contributed by atoms with Crippen LogP contribution in [-0.2, 0) is 11.3 Å². The van der Waals surface area contributed by atoms with E-state index in [1.165, 1.54) is 6.42 Å². The maximum atomic E-state index is 12.1. The standard InChI is InChI=1S/C15H27N3OS/c1-4-5-13(8-9-16)6-7-15(19)18(3)10-14-11-20-12(2)17-14/h11,13H,4-10,16H2,1-3H3. The zero-order valence-corrected chi connectivity index (χ0v) is 13.7. The van der Waals surface area contributed by atoms with Crippen LogP contribution in [0.4, 0.5) is 0 Å². The lowest BCUT2D eigenvalue weighted by Gasteiger charge is -2.19. The fraction of sp³-hybridized carbons (Fsp3) is 0.733. The molecule has 0 aliphatic heterocycles. The Morgan fingerprint density at radius 1 is 1.45 bits per heavy atom. The number of nitrogens with two attached hydrogens (primary N) is 1. The van der Waals surface area contributed by atoms with Gasteiger partial charge in [-0.25, -0.2) is 4.98 Å². The number of nitrogens with zero attached hydrogens (tertiary/aromatic N) is 2. The summed E-state index contributed by atoms with van der Waals surface area (Å²) >= 11 is 1.63. The van der Waals surface area contributed by atoms with Crippen molar-refractivity contribution in [3.8, 4) is 0 Å². The Morgan fingerprint density at radius 2 is 2.20 bits per heavy atom. The molecule has 1 unspecified atom stereocenters. The van der Waals surface area contributed by atoms with E-state index in [2.05, 4.69) is 11.9 Å². The number of rotatable bonds is 9. The third-order valence-electron chi connectivity index (χ3n) is 3.53. The predicted molar refractivity (Wildman–Crippen MR) is 84.6 cm³/mol. The summed E-state index contributed by atoms with van der Waals surface area (Å²) in [6, 6.07) is 0. The van der Waals surface area contributed by atoms with Gasteiger partial charge in [0.2, 0.25) is 5.91 Å². The van der Waals surface area contributed by atoms with Crippen molar-refractivity contribution in [3.05, 3.63) is 16.1 Å². The van der Waals surface area contributed by atoms with Crippen molar-refractivity contribution < 1.29 is 4.79 Å². The molecule has 1 aromatic heterocycles. The van der Waals surface area contributed by atoms with Crippen molar-refractivity contribution in [2.45, 2.75) is 52.5 Å². The molecule has 0 aliphatic carbocycles. The molecule has 1 amide bonds. The lowest BCUT2D eigenvalue weighted by atomic mass is 9.94. The lowest BCUT2D eigenvalue weighted by Crippen LogP contribution is -2.26. The Bertz CT molecular complexity index is 400. The third kappa shape index (κ3) is 6.01. The molecular formula is C15H27N3OS. The van der Waals surface area contributed by atoms with Crippen molar-refractivity contribution in [1.29, 1.82) is 0 Å². The topological polar surface area (TPSA) is 59.2 Å². The number of hydrogen-bond donors (Lipinski definition) is 1. The Morgan fingerprint density at radius 3 is 2.75 bits per heavy atom. The summed E-state index contributed by atoms with van der Waals surface area (Å²) in [6.07, 6.45) is 4.91. The van der Waals surface area contributed by atoms with Gasteiger partial charge in [-0.05, 0) is 32.2 Å². The second-order valence-corrected chi connectivity index (χ2v) is 6.44. The van der Waals surface area contributed by atoms with Crippen molar-refractivity contribution in [2.75, 3.05) is 13.6 Å². The molecule has 114 valence electrons. The van der Waals surface area contributed by atoms with Crippen LogP contribution < -0.4 is 5.73 Å². The minimum absolute atomic E-state index is 0.203. The van der Waals surface area contributed by atoms with E-state index >= 15 is 0 Å². The summed E-state index contributed by atoms with van der Waals surface area (Å²) in [5, 5.41) is 3.07. The fourth-order valence-electron chi connectivity index (χ4n) is 2.41. The zero-order chi connectivity index (χ0) is 15.0. The molecule has 0 aromatic carbocycles. The van der Waals surface area contributed by atoms with E-state index in [0.29, 0.717) is 25.4 Å². The van der Waals surface area contributed by atoms with Crippen LogP contribution in [0.2, 0.25) is 0 Å². The first-order valence-corrected chi connectivity index (χ1v) is 8.29. The van der Waals surface area contributed by atoms with Crippen LogP contribution in [-0.4, -0.2) is 29.4 Å². The molecule has 5 heteroatoms. The van der Waals surface area contributed by atoms with Gasteiger partial charge < -0.3 is 10.6 Å². The molecule has 1 aromatic rings. The molecule has 1 rings (SSSR count). The van der Waals surface area contributed by atoms with Crippen LogP contribution in [0.5, 0.6) is 0 Å². The van der Waals surface area contributed by atoms with Crippen LogP contribution >= 0.6 is 11.3 Å². The smallest absolute Gasteiger partial charge is 0.222 e. The largest absolute Gasteiger partial charge is 0.340 e. The number of aryl methyl sites for hydroxylation is 1. The maximum absolute atomic E-state index is 12.1. The highest BCUT2D eigenvalue weighted by atomic mass is 32.1. The van der Waals surface area contributed by atoms with Crippen LogP contribution in [0.15, 0.2) is 5.38 Å². The fourth-order valence-corrected chi connectivity index (χ4v) is 3.01. The molecule has 0 radical (unpaired) electrons. The molecule has 0 saturated carbocycles. The molecule has 1 heterocycles. The molecule has 0 spiro atoms. The maximum Gasteiger partial charge on any atom is 0.222 e. The average molecular weight is 297 g/mol. The number of carbonyl (C=O) groups excluding carboxylic acids is 1. The number of carbonyl (C=O) groups is 1. The van der Waals surface area contributed by atoms with Gasteiger partial charge >= 0.3 is 0 Å². The highest BCUT2D eigenvalue weighted by molar-refractivity contribution is 7.09. The highest BCUT2D eigenvalue weighted by Gasteiger charge is 2.14. The van der Waals surface area contributed by atoms with Gasteiger partial charge in [0.15, 0.2) is 0 Å². The van der Waals surface area contributed by atoms with Crippen molar-refractivity contribution in [2.24, 2.45) is 11.7 Å². The molecule has 2 N–H and O–H groups in total. The molecule has 0 aliphatic rings. The summed E-state index contributed by atoms with van der Waals surface area (Å²) in [5.74, 6) is 0.789. The van der Waals surface area contributed by atoms with E-state index in [9.17, 15) is 4.79 Å². The normalized spacial score (nSPS) is 12.4. The third-order valence-corrected chi connectivity index (χ3v) is 4.35. The Labute approximate surface area is 126 Å². The number of amides is 1. The first-order valence-electron chi connectivity index (χ1n) is 7.41. The van der Waals surface area contributed by atoms with Crippen LogP contribution in [0.1, 0.15) is 49.7 Å². The Hall–Kier alpha value is -0.940. The van der Waals surface area contributed by atoms with Crippen molar-refractivity contribution in [1.82, 2.24) is 9.88 Å². The molecule has 4 nitrogen and oxygen atoms in total. The second-order valence-electron chi connectivity index (χ2n) is 5.38. The summed E-state index contributed by atoms with van der Waals surface area (Å²) in [7, 11) is 1.86. The summed E-state index contributed by atoms with van der Waals surface area (Å²) in [4.78, 5) is 18.3. The SMILES string of the molecule is CCCC(CCN)CCC(=O)N(C)Cc1csc(C)n1. The van der Waals surface area contributed by atoms with Gasteiger partial charge in [0.25, 0.3) is 0 Å². The Balaban J connectivity index is 2.36. The van der Waals surface area contributed by atoms with Crippen molar-refractivity contribution >= 4 is 17.2 Å². The van der Waals surface area contributed by atoms with Crippen LogP contribution in [0.3, 0.4) is 0 Å². The quantitative estimate of drug-likeness (QED) is 0.762. The summed E-state index contributed by atoms with van der Waals surface area (Å²) in [6.45, 7) is 5.49. The van der Waals surface area contributed by atoms with Gasteiger partial charge in [-0.15, -0.1) is 11.3 Å². The van der Waals surface area contributed by atoms with Crippen molar-refractivity contribution in [3.63, 3.8) is 0 Å². The Kier molecular flexibility index (Phi) is 7.77. The minimum Gasteiger partial charge on any atom is -0.340 e. The monoisotopic (exact) mass is 297 g/mol. The van der Waals surface area contributed by atoms with Crippen LogP contribution in [0.25, 0.3) is 0 Å². The second kappa shape index (κ2) is 9.08. The van der Waals surface area contributed by atoms with Gasteiger partial charge in [0, 0.05) is 18.8 Å². The molecule has 0 bridgehead atoms. The number of thiazole rings is 1. The molecule has 0 saturated heterocycles. The van der Waals surface area contributed by atoms with E-state index in [1.807, 2.05) is 19.4 Å². The molecular weight excluding hydrogens is 270 g/mol. The molecule has 0 fully saturated rings.